The Morgan fingerprint density at radius 3 is 2.47 bits per heavy atom. The summed E-state index contributed by atoms with van der Waals surface area (Å²) in [6.07, 6.45) is 2.65. The fourth-order valence-corrected chi connectivity index (χ4v) is 4.17. The average molecular weight is 431 g/mol. The van der Waals surface area contributed by atoms with E-state index in [-0.39, 0.29) is 22.2 Å². The quantitative estimate of drug-likeness (QED) is 0.491. The first kappa shape index (κ1) is 21.6. The lowest BCUT2D eigenvalue weighted by molar-refractivity contribution is 0.0923. The molecule has 158 valence electrons. The van der Waals surface area contributed by atoms with Gasteiger partial charge in [-0.2, -0.15) is 0 Å². The van der Waals surface area contributed by atoms with Crippen LogP contribution in [0.15, 0.2) is 76.2 Å². The molecule has 30 heavy (non-hydrogen) atoms. The molecule has 0 aliphatic heterocycles. The molecule has 6 nitrogen and oxygen atoms in total. The summed E-state index contributed by atoms with van der Waals surface area (Å²) >= 11 is 0. The van der Waals surface area contributed by atoms with Crippen LogP contribution in [0.2, 0.25) is 0 Å². The highest BCUT2D eigenvalue weighted by Crippen LogP contribution is 2.20. The van der Waals surface area contributed by atoms with Crippen molar-refractivity contribution in [3.63, 3.8) is 0 Å². The van der Waals surface area contributed by atoms with E-state index in [0.717, 1.165) is 0 Å². The van der Waals surface area contributed by atoms with Crippen LogP contribution in [0, 0.1) is 5.82 Å². The smallest absolute Gasteiger partial charge is 0.287 e. The van der Waals surface area contributed by atoms with Crippen molar-refractivity contribution in [3.05, 3.63) is 84.1 Å². The standard InChI is InChI=1S/C22H22FNO5S/c23-18-8-10-19(11-9-18)28-14-5-4-13-24-22(25)21-17(12-15-29-21)16-30(26,27)20-6-2-1-3-7-20/h1-3,6-12,15H,4-5,13-14,16H2,(H,24,25). The Balaban J connectivity index is 1.45. The number of benzene rings is 2. The summed E-state index contributed by atoms with van der Waals surface area (Å²) < 4.78 is 48.6. The number of rotatable bonds is 10. The zero-order valence-corrected chi connectivity index (χ0v) is 17.0. The molecule has 1 heterocycles. The summed E-state index contributed by atoms with van der Waals surface area (Å²) in [5, 5.41) is 2.72. The third kappa shape index (κ3) is 5.93. The van der Waals surface area contributed by atoms with Gasteiger partial charge in [0.05, 0.1) is 23.5 Å². The summed E-state index contributed by atoms with van der Waals surface area (Å²) in [7, 11) is -3.58. The first-order chi connectivity index (χ1) is 14.5. The van der Waals surface area contributed by atoms with Crippen molar-refractivity contribution in [2.45, 2.75) is 23.5 Å². The molecule has 0 saturated heterocycles. The molecule has 0 aliphatic carbocycles. The van der Waals surface area contributed by atoms with Crippen molar-refractivity contribution in [2.75, 3.05) is 13.2 Å². The molecule has 1 amide bonds. The second-order valence-corrected chi connectivity index (χ2v) is 8.60. The zero-order valence-electron chi connectivity index (χ0n) is 16.2. The highest BCUT2D eigenvalue weighted by Gasteiger charge is 2.22. The monoisotopic (exact) mass is 431 g/mol. The number of hydrogen-bond donors (Lipinski definition) is 1. The lowest BCUT2D eigenvalue weighted by Crippen LogP contribution is -2.25. The summed E-state index contributed by atoms with van der Waals surface area (Å²) in [6.45, 7) is 0.819. The lowest BCUT2D eigenvalue weighted by Gasteiger charge is -2.08. The Hall–Kier alpha value is -3.13. The van der Waals surface area contributed by atoms with Crippen LogP contribution in [-0.4, -0.2) is 27.5 Å². The van der Waals surface area contributed by atoms with Gasteiger partial charge in [0.15, 0.2) is 15.6 Å². The van der Waals surface area contributed by atoms with Gasteiger partial charge in [-0.15, -0.1) is 0 Å². The number of furan rings is 1. The number of hydrogen-bond acceptors (Lipinski definition) is 5. The van der Waals surface area contributed by atoms with E-state index in [1.165, 1.54) is 36.6 Å². The number of unbranched alkanes of at least 4 members (excludes halogenated alkanes) is 1. The molecule has 3 aromatic rings. The Morgan fingerprint density at radius 1 is 1.00 bits per heavy atom. The Bertz CT molecular complexity index is 1060. The predicted octanol–water partition coefficient (Wildman–Crippen LogP) is 3.98. The molecular formula is C22H22FNO5S. The third-order valence-corrected chi connectivity index (χ3v) is 6.02. The van der Waals surface area contributed by atoms with E-state index in [9.17, 15) is 17.6 Å². The molecular weight excluding hydrogens is 409 g/mol. The summed E-state index contributed by atoms with van der Waals surface area (Å²) in [4.78, 5) is 12.6. The Kier molecular flexibility index (Phi) is 7.24. The van der Waals surface area contributed by atoms with Gasteiger partial charge >= 0.3 is 0 Å². The number of ether oxygens (including phenoxy) is 1. The Labute approximate surface area is 174 Å². The summed E-state index contributed by atoms with van der Waals surface area (Å²) in [5.41, 5.74) is 0.316. The van der Waals surface area contributed by atoms with Gasteiger partial charge in [0.1, 0.15) is 11.6 Å². The minimum absolute atomic E-state index is 0.00271. The molecule has 0 fully saturated rings. The number of carbonyl (C=O) groups excluding carboxylic acids is 1. The molecule has 1 N–H and O–H groups in total. The highest BCUT2D eigenvalue weighted by molar-refractivity contribution is 7.90. The van der Waals surface area contributed by atoms with Crippen LogP contribution in [0.5, 0.6) is 5.75 Å². The van der Waals surface area contributed by atoms with E-state index >= 15 is 0 Å². The van der Waals surface area contributed by atoms with Crippen LogP contribution in [0.25, 0.3) is 0 Å². The summed E-state index contributed by atoms with van der Waals surface area (Å²) in [5.74, 6) is -0.518. The largest absolute Gasteiger partial charge is 0.494 e. The molecule has 0 unspecified atom stereocenters. The van der Waals surface area contributed by atoms with Gasteiger partial charge in [-0.25, -0.2) is 12.8 Å². The molecule has 3 rings (SSSR count). The molecule has 0 saturated carbocycles. The number of carbonyl (C=O) groups is 1. The van der Waals surface area contributed by atoms with E-state index in [4.69, 9.17) is 9.15 Å². The van der Waals surface area contributed by atoms with Crippen molar-refractivity contribution in [2.24, 2.45) is 0 Å². The minimum Gasteiger partial charge on any atom is -0.494 e. The first-order valence-corrected chi connectivity index (χ1v) is 11.1. The van der Waals surface area contributed by atoms with E-state index in [1.54, 1.807) is 30.3 Å². The minimum atomic E-state index is -3.58. The number of amides is 1. The predicted molar refractivity (Wildman–Crippen MR) is 110 cm³/mol. The SMILES string of the molecule is O=C(NCCCCOc1ccc(F)cc1)c1occc1CS(=O)(=O)c1ccccc1. The molecule has 2 aromatic carbocycles. The highest BCUT2D eigenvalue weighted by atomic mass is 32.2. The van der Waals surface area contributed by atoms with E-state index < -0.39 is 15.7 Å². The van der Waals surface area contributed by atoms with Crippen molar-refractivity contribution in [1.82, 2.24) is 5.32 Å². The average Bonchev–Trinajstić information content (AvgIpc) is 3.20. The van der Waals surface area contributed by atoms with Gasteiger partial charge in [-0.05, 0) is 55.3 Å². The molecule has 0 spiro atoms. The maximum Gasteiger partial charge on any atom is 0.287 e. The van der Waals surface area contributed by atoms with E-state index in [2.05, 4.69) is 5.32 Å². The van der Waals surface area contributed by atoms with E-state index in [0.29, 0.717) is 37.3 Å². The van der Waals surface area contributed by atoms with Crippen LogP contribution in [0.3, 0.4) is 0 Å². The van der Waals surface area contributed by atoms with Crippen LogP contribution in [0.4, 0.5) is 4.39 Å². The lowest BCUT2D eigenvalue weighted by atomic mass is 10.2. The molecule has 0 radical (unpaired) electrons. The van der Waals surface area contributed by atoms with Crippen molar-refractivity contribution in [1.29, 1.82) is 0 Å². The fourth-order valence-electron chi connectivity index (χ4n) is 2.79. The van der Waals surface area contributed by atoms with Crippen molar-refractivity contribution >= 4 is 15.7 Å². The maximum absolute atomic E-state index is 12.8. The van der Waals surface area contributed by atoms with Crippen LogP contribution < -0.4 is 10.1 Å². The normalized spacial score (nSPS) is 11.2. The molecule has 0 atom stereocenters. The van der Waals surface area contributed by atoms with Crippen LogP contribution >= 0.6 is 0 Å². The second-order valence-electron chi connectivity index (χ2n) is 6.61. The van der Waals surface area contributed by atoms with Gasteiger partial charge in [0.2, 0.25) is 0 Å². The molecule has 0 bridgehead atoms. The van der Waals surface area contributed by atoms with E-state index in [1.807, 2.05) is 0 Å². The number of sulfone groups is 1. The topological polar surface area (TPSA) is 85.6 Å². The van der Waals surface area contributed by atoms with Gasteiger partial charge in [0, 0.05) is 12.1 Å². The van der Waals surface area contributed by atoms with Crippen LogP contribution in [-0.2, 0) is 15.6 Å². The fraction of sp³-hybridized carbons (Fsp3) is 0.227. The molecule has 0 aliphatic rings. The maximum atomic E-state index is 12.8. The zero-order chi connectivity index (χ0) is 21.4. The third-order valence-electron chi connectivity index (χ3n) is 4.34. The van der Waals surface area contributed by atoms with Gasteiger partial charge in [-0.3, -0.25) is 4.79 Å². The van der Waals surface area contributed by atoms with Crippen molar-refractivity contribution < 1.29 is 26.8 Å². The Morgan fingerprint density at radius 2 is 1.73 bits per heavy atom. The number of halogens is 1. The summed E-state index contributed by atoms with van der Waals surface area (Å²) in [6, 6.07) is 15.3. The first-order valence-electron chi connectivity index (χ1n) is 9.46. The van der Waals surface area contributed by atoms with Gasteiger partial charge in [-0.1, -0.05) is 18.2 Å². The van der Waals surface area contributed by atoms with Crippen LogP contribution in [0.1, 0.15) is 29.0 Å². The second kappa shape index (κ2) is 10.1. The molecule has 1 aromatic heterocycles. The van der Waals surface area contributed by atoms with Gasteiger partial charge in [0.25, 0.3) is 5.91 Å². The van der Waals surface area contributed by atoms with Gasteiger partial charge < -0.3 is 14.5 Å². The number of nitrogens with one attached hydrogen (secondary N) is 1. The van der Waals surface area contributed by atoms with Crippen molar-refractivity contribution in [3.8, 4) is 5.75 Å². The molecule has 8 heteroatoms.